The van der Waals surface area contributed by atoms with Crippen molar-refractivity contribution in [2.45, 2.75) is 20.3 Å². The summed E-state index contributed by atoms with van der Waals surface area (Å²) in [4.78, 5) is 20.9. The normalized spacial score (nSPS) is 11.2. The largest absolute Gasteiger partial charge is 0.436 e. The number of ether oxygens (including phenoxy) is 1. The zero-order chi connectivity index (χ0) is 27.5. The number of carbonyl (C=O) groups is 1. The molecule has 0 aliphatic carbocycles. The van der Waals surface area contributed by atoms with Crippen molar-refractivity contribution in [1.29, 1.82) is 0 Å². The molecule has 0 aliphatic heterocycles. The number of anilines is 2. The lowest BCUT2D eigenvalue weighted by atomic mass is 10.1. The van der Waals surface area contributed by atoms with Crippen LogP contribution in [0.2, 0.25) is 0 Å². The van der Waals surface area contributed by atoms with E-state index in [4.69, 9.17) is 22.1 Å². The number of benzene rings is 2. The van der Waals surface area contributed by atoms with E-state index in [0.717, 1.165) is 39.9 Å². The van der Waals surface area contributed by atoms with Gasteiger partial charge in [0.05, 0.1) is 29.3 Å². The molecule has 0 spiro atoms. The van der Waals surface area contributed by atoms with Gasteiger partial charge in [0.2, 0.25) is 11.7 Å². The maximum atomic E-state index is 13.9. The van der Waals surface area contributed by atoms with Crippen LogP contribution in [-0.2, 0) is 0 Å². The summed E-state index contributed by atoms with van der Waals surface area (Å²) in [7, 11) is 0. The van der Waals surface area contributed by atoms with Crippen molar-refractivity contribution in [3.05, 3.63) is 89.1 Å². The molecule has 3 aromatic heterocycles. The zero-order valence-corrected chi connectivity index (χ0v) is 22.9. The predicted octanol–water partition coefficient (Wildman–Crippen LogP) is 6.80. The Labute approximate surface area is 233 Å². The highest BCUT2D eigenvalue weighted by atomic mass is 35.5. The number of alkyl halides is 1. The molecule has 11 heteroatoms. The summed E-state index contributed by atoms with van der Waals surface area (Å²) >= 11 is 7.35. The average Bonchev–Trinajstić information content (AvgIpc) is 3.50. The predicted molar refractivity (Wildman–Crippen MR) is 155 cm³/mol. The number of fused-ring (bicyclic) bond motifs is 1. The molecule has 0 aliphatic rings. The number of H-pyrrole nitrogens is 1. The van der Waals surface area contributed by atoms with Gasteiger partial charge < -0.3 is 20.2 Å². The lowest BCUT2D eigenvalue weighted by Gasteiger charge is -2.11. The van der Waals surface area contributed by atoms with E-state index in [2.05, 4.69) is 19.8 Å². The fourth-order valence-corrected chi connectivity index (χ4v) is 5.15. The third-order valence-electron chi connectivity index (χ3n) is 6.16. The molecule has 3 heterocycles. The minimum absolute atomic E-state index is 0.0742. The van der Waals surface area contributed by atoms with E-state index in [1.165, 1.54) is 29.2 Å². The number of ketones is 1. The summed E-state index contributed by atoms with van der Waals surface area (Å²) < 4.78 is 24.3. The molecule has 0 radical (unpaired) electrons. The molecule has 200 valence electrons. The van der Waals surface area contributed by atoms with E-state index in [0.29, 0.717) is 17.3 Å². The summed E-state index contributed by atoms with van der Waals surface area (Å²) in [6, 6.07) is 13.6. The monoisotopic (exact) mass is 564 g/mol. The first-order valence-corrected chi connectivity index (χ1v) is 13.7. The Balaban J connectivity index is 1.37. The van der Waals surface area contributed by atoms with Gasteiger partial charge in [0.15, 0.2) is 11.6 Å². The van der Waals surface area contributed by atoms with Crippen LogP contribution in [0, 0.1) is 19.7 Å². The minimum atomic E-state index is -0.485. The van der Waals surface area contributed by atoms with Crippen LogP contribution >= 0.6 is 23.5 Å². The van der Waals surface area contributed by atoms with Crippen LogP contribution in [0.1, 0.15) is 33.6 Å². The fourth-order valence-electron chi connectivity index (χ4n) is 4.09. The number of aryl methyl sites for hydroxylation is 2. The topological polar surface area (TPSA) is 111 Å². The Morgan fingerprint density at radius 1 is 1.18 bits per heavy atom. The second-order valence-corrected chi connectivity index (χ2v) is 10.2. The summed E-state index contributed by atoms with van der Waals surface area (Å²) in [6.07, 6.45) is 3.88. The summed E-state index contributed by atoms with van der Waals surface area (Å²) in [6.45, 7) is 3.84. The number of nitrogens with one attached hydrogen (secondary N) is 2. The van der Waals surface area contributed by atoms with E-state index in [-0.39, 0.29) is 28.8 Å². The highest BCUT2D eigenvalue weighted by molar-refractivity contribution is 8.00. The number of nitrogens with zero attached hydrogens (tertiary/aromatic N) is 3. The van der Waals surface area contributed by atoms with Gasteiger partial charge in [-0.1, -0.05) is 24.1 Å². The Bertz CT molecular complexity index is 1670. The quantitative estimate of drug-likeness (QED) is 0.0740. The summed E-state index contributed by atoms with van der Waals surface area (Å²) in [5, 5.41) is 5.27. The molecule has 0 bridgehead atoms. The Kier molecular flexibility index (Phi) is 7.76. The van der Waals surface area contributed by atoms with Gasteiger partial charge in [-0.3, -0.25) is 4.79 Å². The molecule has 0 amide bonds. The van der Waals surface area contributed by atoms with E-state index in [9.17, 15) is 9.18 Å². The lowest BCUT2D eigenvalue weighted by molar-refractivity contribution is 0.103. The van der Waals surface area contributed by atoms with Gasteiger partial charge in [-0.15, -0.1) is 11.6 Å². The molecule has 0 saturated heterocycles. The highest BCUT2D eigenvalue weighted by Crippen LogP contribution is 2.29. The van der Waals surface area contributed by atoms with E-state index in [1.54, 1.807) is 30.1 Å². The number of aromatic amines is 1. The second kappa shape index (κ2) is 11.4. The molecule has 5 rings (SSSR count). The zero-order valence-electron chi connectivity index (χ0n) is 21.3. The second-order valence-electron chi connectivity index (χ2n) is 8.96. The van der Waals surface area contributed by atoms with Crippen molar-refractivity contribution in [2.24, 2.45) is 0 Å². The molecular weight excluding hydrogens is 539 g/mol. The van der Waals surface area contributed by atoms with Crippen molar-refractivity contribution >= 4 is 51.7 Å². The third-order valence-corrected chi connectivity index (χ3v) is 7.29. The fraction of sp³-hybridized carbons (Fsp3) is 0.179. The van der Waals surface area contributed by atoms with Crippen LogP contribution in [0.4, 0.5) is 15.9 Å². The standard InChI is InChI=1S/C28H26ClFN6O2S/c1-16-10-18-12-23(34-22(18)13-21(16)35-39-9-5-8-29)27(37)19-14-33-36(28(19)31)24-15-32-26(11-17(24)2)38-25-7-4-3-6-20(25)30/h3-4,6-7,10-15,34-35H,5,8-9,31H2,1-2H3. The van der Waals surface area contributed by atoms with Gasteiger partial charge in [-0.05, 0) is 61.7 Å². The van der Waals surface area contributed by atoms with Gasteiger partial charge in [0, 0.05) is 34.3 Å². The summed E-state index contributed by atoms with van der Waals surface area (Å²) in [5.74, 6) is 1.24. The maximum Gasteiger partial charge on any atom is 0.219 e. The molecule has 0 fully saturated rings. The number of rotatable bonds is 10. The number of hydrogen-bond donors (Lipinski definition) is 3. The first-order valence-electron chi connectivity index (χ1n) is 12.2. The number of hydrogen-bond acceptors (Lipinski definition) is 7. The van der Waals surface area contributed by atoms with Crippen LogP contribution in [0.3, 0.4) is 0 Å². The Morgan fingerprint density at radius 2 is 2.00 bits per heavy atom. The van der Waals surface area contributed by atoms with Crippen molar-refractivity contribution < 1.29 is 13.9 Å². The molecule has 0 atom stereocenters. The molecule has 8 nitrogen and oxygen atoms in total. The third kappa shape index (κ3) is 5.57. The van der Waals surface area contributed by atoms with Gasteiger partial charge in [0.25, 0.3) is 0 Å². The van der Waals surface area contributed by atoms with Gasteiger partial charge in [0.1, 0.15) is 5.82 Å². The first kappa shape index (κ1) is 26.6. The van der Waals surface area contributed by atoms with Crippen LogP contribution in [0.25, 0.3) is 16.6 Å². The lowest BCUT2D eigenvalue weighted by Crippen LogP contribution is -2.09. The molecule has 5 aromatic rings. The maximum absolute atomic E-state index is 13.9. The molecule has 0 unspecified atom stereocenters. The van der Waals surface area contributed by atoms with Gasteiger partial charge in [-0.25, -0.2) is 14.1 Å². The van der Waals surface area contributed by atoms with Crippen molar-refractivity contribution in [2.75, 3.05) is 22.1 Å². The van der Waals surface area contributed by atoms with Crippen molar-refractivity contribution in [3.8, 4) is 17.3 Å². The first-order chi connectivity index (χ1) is 18.9. The minimum Gasteiger partial charge on any atom is -0.436 e. The Hall–Kier alpha value is -4.02. The number of para-hydroxylation sites is 1. The summed E-state index contributed by atoms with van der Waals surface area (Å²) in [5.41, 5.74) is 11.2. The van der Waals surface area contributed by atoms with Gasteiger partial charge in [-0.2, -0.15) is 5.10 Å². The van der Waals surface area contributed by atoms with E-state index < -0.39 is 5.82 Å². The number of halogens is 2. The number of aromatic nitrogens is 4. The smallest absolute Gasteiger partial charge is 0.219 e. The number of pyridine rings is 1. The highest BCUT2D eigenvalue weighted by Gasteiger charge is 2.21. The average molecular weight is 565 g/mol. The Morgan fingerprint density at radius 3 is 2.77 bits per heavy atom. The van der Waals surface area contributed by atoms with Gasteiger partial charge >= 0.3 is 0 Å². The van der Waals surface area contributed by atoms with Crippen molar-refractivity contribution in [3.63, 3.8) is 0 Å². The molecular formula is C28H26ClFN6O2S. The van der Waals surface area contributed by atoms with Crippen molar-refractivity contribution in [1.82, 2.24) is 19.7 Å². The molecule has 39 heavy (non-hydrogen) atoms. The van der Waals surface area contributed by atoms with Crippen LogP contribution in [0.5, 0.6) is 11.6 Å². The van der Waals surface area contributed by atoms with E-state index >= 15 is 0 Å². The number of nitrogens with two attached hydrogens (primary N) is 1. The van der Waals surface area contributed by atoms with Crippen LogP contribution in [0.15, 0.2) is 60.9 Å². The van der Waals surface area contributed by atoms with E-state index in [1.807, 2.05) is 32.0 Å². The van der Waals surface area contributed by atoms with Crippen LogP contribution in [-0.4, -0.2) is 37.2 Å². The number of nitrogen functional groups attached to an aromatic ring is 1. The molecule has 0 saturated carbocycles. The van der Waals surface area contributed by atoms with Crippen LogP contribution < -0.4 is 15.2 Å². The SMILES string of the molecule is Cc1cc2cc(C(=O)c3cnn(-c4cnc(Oc5ccccc5F)cc4C)c3N)[nH]c2cc1NSCCCCl. The molecule has 4 N–H and O–H groups in total. The molecule has 2 aromatic carbocycles. The number of carbonyl (C=O) groups excluding carboxylic acids is 1.